The van der Waals surface area contributed by atoms with Gasteiger partial charge in [-0.15, -0.1) is 0 Å². The Balaban J connectivity index is 2.09. The molecule has 2 aromatic rings. The predicted octanol–water partition coefficient (Wildman–Crippen LogP) is 4.36. The van der Waals surface area contributed by atoms with Gasteiger partial charge in [-0.05, 0) is 38.0 Å². The van der Waals surface area contributed by atoms with E-state index in [2.05, 4.69) is 44.3 Å². The van der Waals surface area contributed by atoms with E-state index in [4.69, 9.17) is 0 Å². The number of anilines is 1. The number of para-hydroxylation sites is 1. The first-order valence-electron chi connectivity index (χ1n) is 7.86. The minimum absolute atomic E-state index is 0.107. The van der Waals surface area contributed by atoms with E-state index in [1.807, 2.05) is 35.2 Å². The number of amides is 1. The third kappa shape index (κ3) is 2.47. The third-order valence-electron chi connectivity index (χ3n) is 4.39. The second-order valence-electron chi connectivity index (χ2n) is 5.98. The van der Waals surface area contributed by atoms with Crippen molar-refractivity contribution in [2.75, 3.05) is 5.32 Å². The molecule has 0 unspecified atom stereocenters. The lowest BCUT2D eigenvalue weighted by Gasteiger charge is -2.41. The van der Waals surface area contributed by atoms with E-state index in [0.717, 1.165) is 23.2 Å². The summed E-state index contributed by atoms with van der Waals surface area (Å²) in [4.78, 5) is 14.9. The van der Waals surface area contributed by atoms with Gasteiger partial charge in [0.05, 0.1) is 5.56 Å². The summed E-state index contributed by atoms with van der Waals surface area (Å²) in [6.45, 7) is 6.30. The molecule has 0 spiro atoms. The fourth-order valence-corrected chi connectivity index (χ4v) is 3.00. The monoisotopic (exact) mass is 294 g/mol. The molecule has 0 radical (unpaired) electrons. The number of rotatable bonds is 3. The molecule has 0 saturated carbocycles. The van der Waals surface area contributed by atoms with Gasteiger partial charge in [0, 0.05) is 11.7 Å². The zero-order chi connectivity index (χ0) is 15.7. The van der Waals surface area contributed by atoms with E-state index in [-0.39, 0.29) is 18.1 Å². The molecule has 3 heteroatoms. The fraction of sp³-hybridized carbons (Fsp3) is 0.316. The molecule has 0 aromatic heterocycles. The largest absolute Gasteiger partial charge is 0.361 e. The first-order chi connectivity index (χ1) is 10.6. The van der Waals surface area contributed by atoms with E-state index in [0.29, 0.717) is 0 Å². The van der Waals surface area contributed by atoms with Crippen molar-refractivity contribution in [2.45, 2.75) is 39.4 Å². The predicted molar refractivity (Wildman–Crippen MR) is 89.9 cm³/mol. The van der Waals surface area contributed by atoms with Crippen molar-refractivity contribution in [3.05, 3.63) is 65.2 Å². The number of nitrogens with one attached hydrogen (secondary N) is 1. The molecule has 1 heterocycles. The summed E-state index contributed by atoms with van der Waals surface area (Å²) in [5.74, 6) is 0.107. The van der Waals surface area contributed by atoms with Crippen LogP contribution in [0.2, 0.25) is 0 Å². The molecule has 1 amide bonds. The summed E-state index contributed by atoms with van der Waals surface area (Å²) in [5.41, 5.74) is 4.00. The lowest BCUT2D eigenvalue weighted by atomic mass is 10.00. The van der Waals surface area contributed by atoms with Crippen LogP contribution >= 0.6 is 0 Å². The fourth-order valence-electron chi connectivity index (χ4n) is 3.00. The molecule has 22 heavy (non-hydrogen) atoms. The molecular weight excluding hydrogens is 272 g/mol. The number of benzene rings is 2. The van der Waals surface area contributed by atoms with Crippen molar-refractivity contribution in [3.63, 3.8) is 0 Å². The smallest absolute Gasteiger partial charge is 0.258 e. The molecule has 2 atom stereocenters. The summed E-state index contributed by atoms with van der Waals surface area (Å²) >= 11 is 0. The van der Waals surface area contributed by atoms with Crippen molar-refractivity contribution >= 4 is 11.6 Å². The van der Waals surface area contributed by atoms with Crippen LogP contribution in [0.15, 0.2) is 48.5 Å². The van der Waals surface area contributed by atoms with Crippen LogP contribution in [0.4, 0.5) is 5.69 Å². The highest BCUT2D eigenvalue weighted by molar-refractivity contribution is 6.01. The minimum Gasteiger partial charge on any atom is -0.361 e. The maximum Gasteiger partial charge on any atom is 0.258 e. The number of hydrogen-bond acceptors (Lipinski definition) is 2. The number of aryl methyl sites for hydroxylation is 1. The molecular formula is C19H22N2O. The van der Waals surface area contributed by atoms with Crippen molar-refractivity contribution in [1.29, 1.82) is 0 Å². The topological polar surface area (TPSA) is 32.3 Å². The summed E-state index contributed by atoms with van der Waals surface area (Å²) in [6.07, 6.45) is 0.815. The van der Waals surface area contributed by atoms with E-state index in [9.17, 15) is 4.79 Å². The highest BCUT2D eigenvalue weighted by Gasteiger charge is 2.35. The van der Waals surface area contributed by atoms with Crippen LogP contribution in [-0.4, -0.2) is 16.8 Å². The molecule has 114 valence electrons. The van der Waals surface area contributed by atoms with Crippen molar-refractivity contribution in [3.8, 4) is 0 Å². The van der Waals surface area contributed by atoms with Crippen LogP contribution in [-0.2, 0) is 0 Å². The molecule has 3 nitrogen and oxygen atoms in total. The zero-order valence-electron chi connectivity index (χ0n) is 13.3. The Kier molecular flexibility index (Phi) is 3.88. The third-order valence-corrected chi connectivity index (χ3v) is 4.39. The summed E-state index contributed by atoms with van der Waals surface area (Å²) in [6, 6.07) is 16.3. The van der Waals surface area contributed by atoms with Gasteiger partial charge in [0.15, 0.2) is 0 Å². The van der Waals surface area contributed by atoms with Gasteiger partial charge in [0.1, 0.15) is 6.17 Å². The maximum atomic E-state index is 13.0. The Labute approximate surface area is 132 Å². The molecule has 0 aliphatic carbocycles. The number of carbonyl (C=O) groups is 1. The summed E-state index contributed by atoms with van der Waals surface area (Å²) < 4.78 is 0. The van der Waals surface area contributed by atoms with E-state index >= 15 is 0 Å². The molecule has 2 aromatic carbocycles. The lowest BCUT2D eigenvalue weighted by Crippen LogP contribution is -2.47. The van der Waals surface area contributed by atoms with Gasteiger partial charge < -0.3 is 10.2 Å². The molecule has 3 rings (SSSR count). The van der Waals surface area contributed by atoms with Gasteiger partial charge >= 0.3 is 0 Å². The van der Waals surface area contributed by atoms with Crippen molar-refractivity contribution in [1.82, 2.24) is 4.90 Å². The standard InChI is InChI=1S/C19H22N2O/c1-4-14(3)21-18(15-9-7-8-13(2)12-15)20-17-11-6-5-10-16(17)19(21)22/h5-12,14,18,20H,4H2,1-3H3/t14-,18-/m0/s1. The van der Waals surface area contributed by atoms with Crippen LogP contribution in [0.3, 0.4) is 0 Å². The van der Waals surface area contributed by atoms with Crippen LogP contribution in [0, 0.1) is 6.92 Å². The van der Waals surface area contributed by atoms with Crippen LogP contribution in [0.25, 0.3) is 0 Å². The minimum atomic E-state index is -0.114. The van der Waals surface area contributed by atoms with Gasteiger partial charge in [-0.3, -0.25) is 4.79 Å². The average Bonchev–Trinajstić information content (AvgIpc) is 2.54. The van der Waals surface area contributed by atoms with E-state index < -0.39 is 0 Å². The zero-order valence-corrected chi connectivity index (χ0v) is 13.3. The molecule has 1 N–H and O–H groups in total. The number of fused-ring (bicyclic) bond motifs is 1. The maximum absolute atomic E-state index is 13.0. The normalized spacial score (nSPS) is 18.6. The number of hydrogen-bond donors (Lipinski definition) is 1. The van der Waals surface area contributed by atoms with Crippen LogP contribution in [0.1, 0.15) is 47.9 Å². The molecule has 0 bridgehead atoms. The Morgan fingerprint density at radius 1 is 1.18 bits per heavy atom. The Bertz CT molecular complexity index is 695. The van der Waals surface area contributed by atoms with Crippen LogP contribution in [0.5, 0.6) is 0 Å². The Hall–Kier alpha value is -2.29. The Morgan fingerprint density at radius 3 is 2.68 bits per heavy atom. The second kappa shape index (κ2) is 5.84. The first kappa shape index (κ1) is 14.6. The molecule has 1 aliphatic heterocycles. The van der Waals surface area contributed by atoms with E-state index in [1.165, 1.54) is 5.56 Å². The van der Waals surface area contributed by atoms with E-state index in [1.54, 1.807) is 0 Å². The van der Waals surface area contributed by atoms with Gasteiger partial charge in [-0.2, -0.15) is 0 Å². The number of nitrogens with zero attached hydrogens (tertiary/aromatic N) is 1. The van der Waals surface area contributed by atoms with Crippen molar-refractivity contribution in [2.24, 2.45) is 0 Å². The van der Waals surface area contributed by atoms with Gasteiger partial charge in [0.2, 0.25) is 0 Å². The van der Waals surface area contributed by atoms with Crippen LogP contribution < -0.4 is 5.32 Å². The Morgan fingerprint density at radius 2 is 1.95 bits per heavy atom. The average molecular weight is 294 g/mol. The quantitative estimate of drug-likeness (QED) is 0.912. The molecule has 1 aliphatic rings. The number of carbonyl (C=O) groups excluding carboxylic acids is 1. The summed E-state index contributed by atoms with van der Waals surface area (Å²) in [5, 5.41) is 3.54. The highest BCUT2D eigenvalue weighted by atomic mass is 16.2. The molecule has 0 saturated heterocycles. The van der Waals surface area contributed by atoms with Gasteiger partial charge in [-0.1, -0.05) is 48.9 Å². The second-order valence-corrected chi connectivity index (χ2v) is 5.98. The SMILES string of the molecule is CC[C@H](C)N1C(=O)c2ccccc2N[C@@H]1c1cccc(C)c1. The van der Waals surface area contributed by atoms with Crippen molar-refractivity contribution < 1.29 is 4.79 Å². The lowest BCUT2D eigenvalue weighted by molar-refractivity contribution is 0.0593. The first-order valence-corrected chi connectivity index (χ1v) is 7.86. The van der Waals surface area contributed by atoms with Gasteiger partial charge in [0.25, 0.3) is 5.91 Å². The van der Waals surface area contributed by atoms with Gasteiger partial charge in [-0.25, -0.2) is 0 Å². The summed E-state index contributed by atoms with van der Waals surface area (Å²) in [7, 11) is 0. The highest BCUT2D eigenvalue weighted by Crippen LogP contribution is 2.35. The molecule has 0 fully saturated rings.